The summed E-state index contributed by atoms with van der Waals surface area (Å²) in [6.07, 6.45) is 1.53. The van der Waals surface area contributed by atoms with Crippen LogP contribution in [0.5, 0.6) is 0 Å². The molecule has 2 aromatic carbocycles. The molecule has 0 N–H and O–H groups in total. The molecule has 3 aromatic rings. The molecule has 0 atom stereocenters. The van der Waals surface area contributed by atoms with Crippen molar-refractivity contribution in [3.05, 3.63) is 82.7 Å². The topological polar surface area (TPSA) is 72.3 Å². The molecule has 0 amide bonds. The van der Waals surface area contributed by atoms with Crippen molar-refractivity contribution >= 4 is 15.9 Å². The maximum Gasteiger partial charge on any atom is 0.247 e. The Labute approximate surface area is 177 Å². The highest BCUT2D eigenvalue weighted by Gasteiger charge is 2.33. The molecule has 2 heterocycles. The Hall–Kier alpha value is -2.77. The van der Waals surface area contributed by atoms with Crippen LogP contribution in [0.3, 0.4) is 0 Å². The Morgan fingerprint density at radius 1 is 1.00 bits per heavy atom. The third-order valence-corrected chi connectivity index (χ3v) is 7.72. The lowest BCUT2D eigenvalue weighted by Gasteiger charge is -2.28. The highest BCUT2D eigenvalue weighted by Crippen LogP contribution is 2.28. The Kier molecular flexibility index (Phi) is 5.58. The molecule has 0 radical (unpaired) electrons. The van der Waals surface area contributed by atoms with Gasteiger partial charge in [-0.05, 0) is 43.4 Å². The van der Waals surface area contributed by atoms with Crippen LogP contribution in [0.15, 0.2) is 59.5 Å². The monoisotopic (exact) mass is 423 g/mol. The van der Waals surface area contributed by atoms with Gasteiger partial charge in [0.2, 0.25) is 15.9 Å². The molecular formula is C23H25N3O3S. The number of aryl methyl sites for hydroxylation is 2. The minimum absolute atomic E-state index is 0.148. The van der Waals surface area contributed by atoms with Gasteiger partial charge in [-0.3, -0.25) is 4.79 Å². The summed E-state index contributed by atoms with van der Waals surface area (Å²) in [5.74, 6) is -0.204. The molecular weight excluding hydrogens is 398 g/mol. The zero-order valence-electron chi connectivity index (χ0n) is 17.2. The van der Waals surface area contributed by atoms with Crippen molar-refractivity contribution in [3.8, 4) is 0 Å². The van der Waals surface area contributed by atoms with E-state index in [1.54, 1.807) is 13.8 Å². The van der Waals surface area contributed by atoms with Crippen LogP contribution in [0.25, 0.3) is 0 Å². The largest absolute Gasteiger partial charge is 0.273 e. The number of aromatic nitrogens is 2. The third kappa shape index (κ3) is 3.82. The van der Waals surface area contributed by atoms with Gasteiger partial charge in [0.1, 0.15) is 4.90 Å². The fourth-order valence-corrected chi connectivity index (χ4v) is 5.82. The summed E-state index contributed by atoms with van der Waals surface area (Å²) in [4.78, 5) is 12.9. The Morgan fingerprint density at radius 3 is 2.40 bits per heavy atom. The van der Waals surface area contributed by atoms with Crippen molar-refractivity contribution in [2.75, 3.05) is 6.54 Å². The number of sulfonamides is 1. The van der Waals surface area contributed by atoms with Gasteiger partial charge < -0.3 is 0 Å². The van der Waals surface area contributed by atoms with E-state index in [4.69, 9.17) is 0 Å². The summed E-state index contributed by atoms with van der Waals surface area (Å²) in [6, 6.07) is 17.7. The summed E-state index contributed by atoms with van der Waals surface area (Å²) in [7, 11) is -3.75. The zero-order chi connectivity index (χ0) is 21.3. The lowest BCUT2D eigenvalue weighted by molar-refractivity contribution is 0.0884. The average Bonchev–Trinajstić information content (AvgIpc) is 3.07. The predicted octanol–water partition coefficient (Wildman–Crippen LogP) is 3.52. The molecule has 0 saturated carbocycles. The van der Waals surface area contributed by atoms with Gasteiger partial charge in [0, 0.05) is 19.5 Å². The van der Waals surface area contributed by atoms with E-state index in [2.05, 4.69) is 5.10 Å². The normalized spacial score (nSPS) is 14.5. The van der Waals surface area contributed by atoms with Crippen LogP contribution in [-0.2, 0) is 29.4 Å². The first kappa shape index (κ1) is 20.5. The summed E-state index contributed by atoms with van der Waals surface area (Å²) in [5, 5.41) is 4.29. The molecule has 156 valence electrons. The molecule has 0 unspecified atom stereocenters. The van der Waals surface area contributed by atoms with E-state index in [0.29, 0.717) is 37.3 Å². The van der Waals surface area contributed by atoms with E-state index in [1.807, 2.05) is 54.6 Å². The van der Waals surface area contributed by atoms with Gasteiger partial charge >= 0.3 is 0 Å². The number of hydrogen-bond donors (Lipinski definition) is 0. The molecule has 0 spiro atoms. The van der Waals surface area contributed by atoms with Crippen molar-refractivity contribution in [3.63, 3.8) is 0 Å². The molecule has 1 aliphatic rings. The highest BCUT2D eigenvalue weighted by molar-refractivity contribution is 7.89. The van der Waals surface area contributed by atoms with E-state index in [0.717, 1.165) is 11.1 Å². The number of carbonyl (C=O) groups is 1. The molecule has 4 rings (SSSR count). The van der Waals surface area contributed by atoms with Crippen LogP contribution < -0.4 is 0 Å². The number of rotatable bonds is 5. The number of fused-ring (bicyclic) bond motifs is 1. The van der Waals surface area contributed by atoms with Crippen LogP contribution in [0.1, 0.15) is 39.3 Å². The maximum absolute atomic E-state index is 13.4. The average molecular weight is 424 g/mol. The lowest BCUT2D eigenvalue weighted by Crippen LogP contribution is -2.36. The second-order valence-electron chi connectivity index (χ2n) is 7.65. The predicted molar refractivity (Wildman–Crippen MR) is 115 cm³/mol. The second kappa shape index (κ2) is 8.16. The SMILES string of the molecule is Cc1nn(C(=O)CCc2ccccc2)c(C)c1S(=O)(=O)N1CCc2ccccc2C1. The fourth-order valence-electron chi connectivity index (χ4n) is 4.05. The van der Waals surface area contributed by atoms with Gasteiger partial charge in [0.25, 0.3) is 0 Å². The highest BCUT2D eigenvalue weighted by atomic mass is 32.2. The Bertz CT molecular complexity index is 1180. The van der Waals surface area contributed by atoms with Gasteiger partial charge in [-0.25, -0.2) is 13.1 Å². The van der Waals surface area contributed by atoms with Gasteiger partial charge in [-0.2, -0.15) is 9.40 Å². The van der Waals surface area contributed by atoms with Gasteiger partial charge in [-0.1, -0.05) is 54.6 Å². The van der Waals surface area contributed by atoms with Crippen molar-refractivity contribution in [2.45, 2.75) is 44.6 Å². The third-order valence-electron chi connectivity index (χ3n) is 5.63. The minimum Gasteiger partial charge on any atom is -0.273 e. The summed E-state index contributed by atoms with van der Waals surface area (Å²) >= 11 is 0. The number of benzene rings is 2. The van der Waals surface area contributed by atoms with Crippen LogP contribution in [0.4, 0.5) is 0 Å². The van der Waals surface area contributed by atoms with E-state index in [9.17, 15) is 13.2 Å². The number of carbonyl (C=O) groups excluding carboxylic acids is 1. The number of nitrogens with zero attached hydrogens (tertiary/aromatic N) is 3. The molecule has 7 heteroatoms. The molecule has 0 bridgehead atoms. The molecule has 0 fully saturated rings. The van der Waals surface area contributed by atoms with Crippen LogP contribution in [-0.4, -0.2) is 35.0 Å². The van der Waals surface area contributed by atoms with Crippen molar-refractivity contribution in [2.24, 2.45) is 0 Å². The lowest BCUT2D eigenvalue weighted by atomic mass is 10.0. The van der Waals surface area contributed by atoms with E-state index in [-0.39, 0.29) is 17.2 Å². The van der Waals surface area contributed by atoms with Gasteiger partial charge in [0.15, 0.2) is 0 Å². The molecule has 30 heavy (non-hydrogen) atoms. The molecule has 0 saturated heterocycles. The standard InChI is InChI=1S/C23H25N3O3S/c1-17-23(30(28,29)25-15-14-20-10-6-7-11-21(20)16-25)18(2)26(24-17)22(27)13-12-19-8-4-3-5-9-19/h3-11H,12-16H2,1-2H3. The first-order chi connectivity index (χ1) is 14.4. The van der Waals surface area contributed by atoms with E-state index in [1.165, 1.54) is 14.6 Å². The van der Waals surface area contributed by atoms with E-state index < -0.39 is 10.0 Å². The maximum atomic E-state index is 13.4. The fraction of sp³-hybridized carbons (Fsp3) is 0.304. The molecule has 1 aromatic heterocycles. The second-order valence-corrected chi connectivity index (χ2v) is 9.52. The van der Waals surface area contributed by atoms with Gasteiger partial charge in [-0.15, -0.1) is 0 Å². The van der Waals surface area contributed by atoms with Crippen LogP contribution >= 0.6 is 0 Å². The quantitative estimate of drug-likeness (QED) is 0.629. The zero-order valence-corrected chi connectivity index (χ0v) is 18.0. The van der Waals surface area contributed by atoms with Crippen molar-refractivity contribution < 1.29 is 13.2 Å². The number of hydrogen-bond acceptors (Lipinski definition) is 4. The minimum atomic E-state index is -3.75. The Balaban J connectivity index is 1.57. The van der Waals surface area contributed by atoms with E-state index >= 15 is 0 Å². The van der Waals surface area contributed by atoms with Gasteiger partial charge in [0.05, 0.1) is 11.4 Å². The molecule has 6 nitrogen and oxygen atoms in total. The Morgan fingerprint density at radius 2 is 1.67 bits per heavy atom. The summed E-state index contributed by atoms with van der Waals surface area (Å²) in [6.45, 7) is 4.07. The first-order valence-electron chi connectivity index (χ1n) is 10.1. The van der Waals surface area contributed by atoms with Crippen LogP contribution in [0.2, 0.25) is 0 Å². The molecule has 1 aliphatic heterocycles. The summed E-state index contributed by atoms with van der Waals surface area (Å²) < 4.78 is 29.6. The van der Waals surface area contributed by atoms with Crippen molar-refractivity contribution in [1.82, 2.24) is 14.1 Å². The first-order valence-corrected chi connectivity index (χ1v) is 11.5. The van der Waals surface area contributed by atoms with Crippen LogP contribution in [0, 0.1) is 13.8 Å². The summed E-state index contributed by atoms with van der Waals surface area (Å²) in [5.41, 5.74) is 4.01. The van der Waals surface area contributed by atoms with Crippen molar-refractivity contribution in [1.29, 1.82) is 0 Å². The molecule has 0 aliphatic carbocycles. The smallest absolute Gasteiger partial charge is 0.247 e.